The van der Waals surface area contributed by atoms with Crippen molar-refractivity contribution >= 4 is 5.91 Å². The third-order valence-electron chi connectivity index (χ3n) is 5.83. The lowest BCUT2D eigenvalue weighted by atomic mass is 9.85. The van der Waals surface area contributed by atoms with E-state index in [1.807, 2.05) is 13.0 Å². The van der Waals surface area contributed by atoms with Crippen molar-refractivity contribution in [1.82, 2.24) is 19.9 Å². The summed E-state index contributed by atoms with van der Waals surface area (Å²) in [5.41, 5.74) is 1.35. The Labute approximate surface area is 189 Å². The molecule has 0 saturated carbocycles. The van der Waals surface area contributed by atoms with Crippen LogP contribution in [0.4, 0.5) is 8.78 Å². The van der Waals surface area contributed by atoms with Crippen LogP contribution in [0.1, 0.15) is 40.2 Å². The monoisotopic (exact) mass is 449 g/mol. The summed E-state index contributed by atoms with van der Waals surface area (Å²) in [5.74, 6) is -1.72. The van der Waals surface area contributed by atoms with Gasteiger partial charge in [-0.1, -0.05) is 6.07 Å². The molecule has 4 rings (SSSR count). The summed E-state index contributed by atoms with van der Waals surface area (Å²) in [7, 11) is 0. The fourth-order valence-electron chi connectivity index (χ4n) is 4.05. The number of benzene rings is 1. The summed E-state index contributed by atoms with van der Waals surface area (Å²) in [6.45, 7) is 4.22. The molecule has 3 atom stereocenters. The number of hydrogen-bond donors (Lipinski definition) is 0. The normalized spacial score (nSPS) is 18.6. The maximum absolute atomic E-state index is 14.0. The molecule has 0 N–H and O–H groups in total. The number of hydrogen-bond acceptors (Lipinski definition) is 6. The first kappa shape index (κ1) is 22.3. The van der Waals surface area contributed by atoms with E-state index in [1.165, 1.54) is 30.7 Å². The summed E-state index contributed by atoms with van der Waals surface area (Å²) in [5, 5.41) is 8.94. The van der Waals surface area contributed by atoms with E-state index in [4.69, 9.17) is 10.00 Å². The first-order valence-electron chi connectivity index (χ1n) is 10.4. The van der Waals surface area contributed by atoms with Crippen molar-refractivity contribution in [2.24, 2.45) is 5.92 Å². The molecule has 2 aromatic heterocycles. The lowest BCUT2D eigenvalue weighted by Crippen LogP contribution is -2.32. The van der Waals surface area contributed by atoms with Gasteiger partial charge in [0.25, 0.3) is 5.91 Å². The lowest BCUT2D eigenvalue weighted by molar-refractivity contribution is 0.0769. The topological polar surface area (TPSA) is 92.0 Å². The number of amides is 1. The molecule has 0 aliphatic carbocycles. The van der Waals surface area contributed by atoms with E-state index < -0.39 is 17.7 Å². The number of carbonyl (C=O) groups excluding carboxylic acids is 1. The Morgan fingerprint density at radius 1 is 1.12 bits per heavy atom. The summed E-state index contributed by atoms with van der Waals surface area (Å²) in [4.78, 5) is 27.1. The zero-order chi connectivity index (χ0) is 23.5. The van der Waals surface area contributed by atoms with Crippen molar-refractivity contribution < 1.29 is 18.3 Å². The zero-order valence-corrected chi connectivity index (χ0v) is 18.1. The van der Waals surface area contributed by atoms with Crippen LogP contribution in [0.3, 0.4) is 0 Å². The second-order valence-electron chi connectivity index (χ2n) is 7.99. The van der Waals surface area contributed by atoms with Gasteiger partial charge in [-0.15, -0.1) is 0 Å². The molecule has 1 saturated heterocycles. The summed E-state index contributed by atoms with van der Waals surface area (Å²) in [6, 6.07) is 8.99. The van der Waals surface area contributed by atoms with Gasteiger partial charge in [-0.3, -0.25) is 4.79 Å². The highest BCUT2D eigenvalue weighted by atomic mass is 19.2. The molecule has 3 heterocycles. The van der Waals surface area contributed by atoms with Crippen molar-refractivity contribution in [2.75, 3.05) is 13.1 Å². The number of ether oxygens (including phenoxy) is 1. The highest BCUT2D eigenvalue weighted by molar-refractivity contribution is 5.93. The average molecular weight is 449 g/mol. The Balaban J connectivity index is 1.60. The summed E-state index contributed by atoms with van der Waals surface area (Å²) >= 11 is 0. The summed E-state index contributed by atoms with van der Waals surface area (Å²) < 4.78 is 33.5. The third-order valence-corrected chi connectivity index (χ3v) is 5.83. The number of rotatable bonds is 5. The van der Waals surface area contributed by atoms with Crippen LogP contribution in [-0.4, -0.2) is 45.0 Å². The highest BCUT2D eigenvalue weighted by Gasteiger charge is 2.40. The van der Waals surface area contributed by atoms with E-state index in [1.54, 1.807) is 24.0 Å². The van der Waals surface area contributed by atoms with Crippen molar-refractivity contribution in [3.63, 3.8) is 0 Å². The minimum atomic E-state index is -0.940. The van der Waals surface area contributed by atoms with E-state index in [2.05, 4.69) is 15.0 Å². The van der Waals surface area contributed by atoms with E-state index in [9.17, 15) is 13.6 Å². The zero-order valence-electron chi connectivity index (χ0n) is 18.1. The quantitative estimate of drug-likeness (QED) is 0.590. The van der Waals surface area contributed by atoms with Gasteiger partial charge >= 0.3 is 0 Å². The first-order valence-corrected chi connectivity index (χ1v) is 10.4. The Morgan fingerprint density at radius 2 is 1.88 bits per heavy atom. The second kappa shape index (κ2) is 9.28. The Bertz CT molecular complexity index is 1190. The molecule has 0 radical (unpaired) electrons. The van der Waals surface area contributed by atoms with E-state index in [0.717, 1.165) is 6.07 Å². The lowest BCUT2D eigenvalue weighted by Gasteiger charge is -2.25. The minimum absolute atomic E-state index is 0.220. The van der Waals surface area contributed by atoms with Crippen LogP contribution < -0.4 is 4.74 Å². The number of likely N-dealkylation sites (tertiary alicyclic amines) is 1. The number of halogens is 2. The Morgan fingerprint density at radius 3 is 2.52 bits per heavy atom. The average Bonchev–Trinajstić information content (AvgIpc) is 3.27. The second-order valence-corrected chi connectivity index (χ2v) is 7.99. The van der Waals surface area contributed by atoms with Gasteiger partial charge in [-0.25, -0.2) is 23.7 Å². The highest BCUT2D eigenvalue weighted by Crippen LogP contribution is 2.37. The molecule has 1 aliphatic heterocycles. The molecule has 0 bridgehead atoms. The SMILES string of the molecule is Cc1ncc(C(=O)N2C[C@H]([C@H](C)Oc3ccc(C#N)cn3)[C@@H](c3ccc(F)c(F)c3)C2)cn1. The van der Waals surface area contributed by atoms with Crippen molar-refractivity contribution in [3.05, 3.63) is 83.1 Å². The molecule has 7 nitrogen and oxygen atoms in total. The Kier molecular flexibility index (Phi) is 6.27. The van der Waals surface area contributed by atoms with Crippen molar-refractivity contribution in [2.45, 2.75) is 25.9 Å². The largest absolute Gasteiger partial charge is 0.474 e. The molecule has 1 amide bonds. The molecule has 1 aliphatic rings. The number of nitrogens with zero attached hydrogens (tertiary/aromatic N) is 5. The molecule has 33 heavy (non-hydrogen) atoms. The van der Waals surface area contributed by atoms with Crippen LogP contribution >= 0.6 is 0 Å². The van der Waals surface area contributed by atoms with Crippen molar-refractivity contribution in [3.8, 4) is 11.9 Å². The molecule has 0 spiro atoms. The predicted octanol–water partition coefficient (Wildman–Crippen LogP) is 3.65. The van der Waals surface area contributed by atoms with Crippen LogP contribution in [0.15, 0.2) is 48.9 Å². The molecule has 1 fully saturated rings. The predicted molar refractivity (Wildman–Crippen MR) is 114 cm³/mol. The van der Waals surface area contributed by atoms with E-state index >= 15 is 0 Å². The molecule has 0 unspecified atom stereocenters. The standard InChI is InChI=1S/C24H21F2N5O2/c1-14(33-23-6-3-16(8-27)9-30-23)19-12-31(24(32)18-10-28-15(2)29-11-18)13-20(19)17-4-5-21(25)22(26)7-17/h3-7,9-11,14,19-20H,12-13H2,1-2H3/t14-,19+,20+/m0/s1. The summed E-state index contributed by atoms with van der Waals surface area (Å²) in [6.07, 6.45) is 3.96. The van der Waals surface area contributed by atoms with Crippen LogP contribution in [0.5, 0.6) is 5.88 Å². The van der Waals surface area contributed by atoms with Gasteiger partial charge < -0.3 is 9.64 Å². The molecular weight excluding hydrogens is 428 g/mol. The van der Waals surface area contributed by atoms with E-state index in [-0.39, 0.29) is 17.7 Å². The fraction of sp³-hybridized carbons (Fsp3) is 0.292. The maximum Gasteiger partial charge on any atom is 0.257 e. The van der Waals surface area contributed by atoms with Gasteiger partial charge in [0.2, 0.25) is 5.88 Å². The molecule has 3 aromatic rings. The van der Waals surface area contributed by atoms with Crippen molar-refractivity contribution in [1.29, 1.82) is 5.26 Å². The third kappa shape index (κ3) is 4.80. The van der Waals surface area contributed by atoms with Gasteiger partial charge in [-0.2, -0.15) is 5.26 Å². The minimum Gasteiger partial charge on any atom is -0.474 e. The first-order chi connectivity index (χ1) is 15.9. The number of carbonyl (C=O) groups is 1. The maximum atomic E-state index is 14.0. The molecule has 1 aromatic carbocycles. The number of nitriles is 1. The van der Waals surface area contributed by atoms with Crippen LogP contribution in [0, 0.1) is 35.8 Å². The van der Waals surface area contributed by atoms with E-state index in [0.29, 0.717) is 41.5 Å². The van der Waals surface area contributed by atoms with Gasteiger partial charge in [-0.05, 0) is 37.6 Å². The smallest absolute Gasteiger partial charge is 0.257 e. The molecule has 9 heteroatoms. The number of pyridine rings is 1. The van der Waals surface area contributed by atoms with Gasteiger partial charge in [0.15, 0.2) is 11.6 Å². The number of aryl methyl sites for hydroxylation is 1. The van der Waals surface area contributed by atoms with Crippen LogP contribution in [-0.2, 0) is 0 Å². The molecular formula is C24H21F2N5O2. The Hall–Kier alpha value is -3.93. The van der Waals surface area contributed by atoms with Gasteiger partial charge in [0, 0.05) is 49.6 Å². The molecule has 168 valence electrons. The fourth-order valence-corrected chi connectivity index (χ4v) is 4.05. The van der Waals surface area contributed by atoms with Crippen LogP contribution in [0.25, 0.3) is 0 Å². The van der Waals surface area contributed by atoms with Gasteiger partial charge in [0.1, 0.15) is 18.0 Å². The number of aromatic nitrogens is 3. The van der Waals surface area contributed by atoms with Gasteiger partial charge in [0.05, 0.1) is 11.1 Å². The van der Waals surface area contributed by atoms with Crippen LogP contribution in [0.2, 0.25) is 0 Å².